The molecule has 1 amide bonds. The van der Waals surface area contributed by atoms with E-state index in [0.717, 1.165) is 19.5 Å². The van der Waals surface area contributed by atoms with Crippen LogP contribution in [0, 0.1) is 23.2 Å². The van der Waals surface area contributed by atoms with Crippen molar-refractivity contribution in [3.63, 3.8) is 0 Å². The highest BCUT2D eigenvalue weighted by Crippen LogP contribution is 2.27. The molecule has 5 unspecified atom stereocenters. The van der Waals surface area contributed by atoms with Gasteiger partial charge in [-0.1, -0.05) is 30.3 Å². The van der Waals surface area contributed by atoms with Gasteiger partial charge in [-0.25, -0.2) is 5.43 Å². The Hall–Kier alpha value is -2.47. The van der Waals surface area contributed by atoms with Gasteiger partial charge in [0, 0.05) is 43.9 Å². The average molecular weight is 381 g/mol. The summed E-state index contributed by atoms with van der Waals surface area (Å²) in [5.41, 5.74) is 10.6. The quantitative estimate of drug-likeness (QED) is 0.579. The molecular formula is C20H27N7O. The highest BCUT2D eigenvalue weighted by Gasteiger charge is 2.44. The summed E-state index contributed by atoms with van der Waals surface area (Å²) in [7, 11) is 0. The van der Waals surface area contributed by atoms with Crippen molar-refractivity contribution in [2.45, 2.75) is 31.0 Å². The second-order valence-corrected chi connectivity index (χ2v) is 7.80. The second kappa shape index (κ2) is 8.27. The number of piperidine rings is 1. The van der Waals surface area contributed by atoms with Gasteiger partial charge in [-0.05, 0) is 18.5 Å². The highest BCUT2D eigenvalue weighted by molar-refractivity contribution is 6.05. The van der Waals surface area contributed by atoms with Crippen LogP contribution in [0.15, 0.2) is 35.3 Å². The maximum Gasteiger partial charge on any atom is 0.234 e. The van der Waals surface area contributed by atoms with Crippen molar-refractivity contribution in [3.05, 3.63) is 35.9 Å². The first-order valence-electron chi connectivity index (χ1n) is 9.94. The largest absolute Gasteiger partial charge is 0.351 e. The molecule has 148 valence electrons. The lowest BCUT2D eigenvalue weighted by molar-refractivity contribution is -0.124. The number of nitrogens with zero attached hydrogens (tertiary/aromatic N) is 3. The van der Waals surface area contributed by atoms with Crippen LogP contribution in [0.4, 0.5) is 0 Å². The number of carbonyl (C=O) groups is 1. The zero-order valence-corrected chi connectivity index (χ0v) is 15.8. The van der Waals surface area contributed by atoms with Crippen molar-refractivity contribution in [1.29, 1.82) is 5.26 Å². The molecule has 2 saturated heterocycles. The zero-order chi connectivity index (χ0) is 19.5. The fraction of sp³-hybridized carbons (Fsp3) is 0.550. The van der Waals surface area contributed by atoms with Crippen LogP contribution in [-0.2, 0) is 4.79 Å². The summed E-state index contributed by atoms with van der Waals surface area (Å²) in [6.07, 6.45) is 0.923. The molecule has 8 heteroatoms. The third-order valence-corrected chi connectivity index (χ3v) is 5.87. The number of hydrogen-bond donors (Lipinski definition) is 4. The van der Waals surface area contributed by atoms with E-state index in [2.05, 4.69) is 39.3 Å². The molecule has 4 rings (SSSR count). The summed E-state index contributed by atoms with van der Waals surface area (Å²) in [5.74, 6) is 0.539. The Bertz CT molecular complexity index is 775. The van der Waals surface area contributed by atoms with Gasteiger partial charge in [0.25, 0.3) is 0 Å². The van der Waals surface area contributed by atoms with E-state index < -0.39 is 12.1 Å². The number of hydrogen-bond acceptors (Lipinski definition) is 7. The van der Waals surface area contributed by atoms with Crippen molar-refractivity contribution >= 4 is 11.7 Å². The lowest BCUT2D eigenvalue weighted by Crippen LogP contribution is -2.54. The number of hydrazine groups is 1. The first-order chi connectivity index (χ1) is 13.7. The predicted octanol–water partition coefficient (Wildman–Crippen LogP) is -0.0885. The minimum Gasteiger partial charge on any atom is -0.351 e. The molecule has 0 spiro atoms. The normalized spacial score (nSPS) is 32.2. The van der Waals surface area contributed by atoms with Crippen LogP contribution >= 0.6 is 0 Å². The minimum atomic E-state index is -0.513. The number of aliphatic imine (C=N–C) groups is 1. The van der Waals surface area contributed by atoms with Gasteiger partial charge in [0.05, 0.1) is 12.2 Å². The van der Waals surface area contributed by atoms with E-state index >= 15 is 0 Å². The molecule has 0 radical (unpaired) electrons. The van der Waals surface area contributed by atoms with Crippen LogP contribution in [-0.4, -0.2) is 55.1 Å². The molecule has 0 aromatic heterocycles. The van der Waals surface area contributed by atoms with Crippen molar-refractivity contribution in [3.8, 4) is 6.07 Å². The number of amides is 1. The van der Waals surface area contributed by atoms with Crippen molar-refractivity contribution in [2.24, 2.45) is 22.6 Å². The lowest BCUT2D eigenvalue weighted by Gasteiger charge is -2.34. The molecular weight excluding hydrogens is 354 g/mol. The number of amidine groups is 1. The van der Waals surface area contributed by atoms with E-state index in [1.54, 1.807) is 0 Å². The SMILES string of the molecule is N#CCC1CN=C2C(C(=O)NC3CNCCC3c3ccccc3)C(N)NN2C1. The summed E-state index contributed by atoms with van der Waals surface area (Å²) in [6.45, 7) is 2.90. The topological polar surface area (TPSA) is 119 Å². The van der Waals surface area contributed by atoms with Crippen LogP contribution in [0.25, 0.3) is 0 Å². The van der Waals surface area contributed by atoms with Crippen LogP contribution in [0.2, 0.25) is 0 Å². The zero-order valence-electron chi connectivity index (χ0n) is 15.8. The Balaban J connectivity index is 1.47. The summed E-state index contributed by atoms with van der Waals surface area (Å²) >= 11 is 0. The van der Waals surface area contributed by atoms with Crippen molar-refractivity contribution < 1.29 is 4.79 Å². The van der Waals surface area contributed by atoms with E-state index in [9.17, 15) is 4.79 Å². The number of nitrogens with one attached hydrogen (secondary N) is 3. The predicted molar refractivity (Wildman–Crippen MR) is 106 cm³/mol. The third-order valence-electron chi connectivity index (χ3n) is 5.87. The molecule has 0 aliphatic carbocycles. The van der Waals surface area contributed by atoms with Crippen LogP contribution in [0.3, 0.4) is 0 Å². The average Bonchev–Trinajstić information content (AvgIpc) is 3.04. The second-order valence-electron chi connectivity index (χ2n) is 7.80. The summed E-state index contributed by atoms with van der Waals surface area (Å²) in [5, 5.41) is 17.4. The fourth-order valence-electron chi connectivity index (χ4n) is 4.44. The highest BCUT2D eigenvalue weighted by atomic mass is 16.2. The molecule has 3 aliphatic rings. The van der Waals surface area contributed by atoms with Gasteiger partial charge >= 0.3 is 0 Å². The van der Waals surface area contributed by atoms with E-state index in [0.29, 0.717) is 25.3 Å². The third kappa shape index (κ3) is 3.74. The number of carbonyl (C=O) groups excluding carboxylic acids is 1. The van der Waals surface area contributed by atoms with Gasteiger partial charge in [-0.15, -0.1) is 0 Å². The summed E-state index contributed by atoms with van der Waals surface area (Å²) in [6, 6.07) is 12.6. The molecule has 2 fully saturated rings. The van der Waals surface area contributed by atoms with Crippen LogP contribution in [0.5, 0.6) is 0 Å². The summed E-state index contributed by atoms with van der Waals surface area (Å²) in [4.78, 5) is 17.7. The Morgan fingerprint density at radius 2 is 2.21 bits per heavy atom. The molecule has 1 aromatic carbocycles. The van der Waals surface area contributed by atoms with Crippen LogP contribution < -0.4 is 21.8 Å². The standard InChI is InChI=1S/C20H27N7O/c21-8-6-13-10-24-19-17(18(22)26-27(19)12-13)20(28)25-16-11-23-9-7-15(16)14-4-2-1-3-5-14/h1-5,13,15-18,23,26H,6-7,9-12,22H2,(H,25,28). The Kier molecular flexibility index (Phi) is 5.57. The number of benzene rings is 1. The van der Waals surface area contributed by atoms with Gasteiger partial charge in [-0.2, -0.15) is 5.26 Å². The van der Waals surface area contributed by atoms with Gasteiger partial charge in [0.15, 0.2) is 0 Å². The molecule has 5 N–H and O–H groups in total. The molecule has 3 heterocycles. The lowest BCUT2D eigenvalue weighted by atomic mass is 9.85. The van der Waals surface area contributed by atoms with Gasteiger partial charge in [0.1, 0.15) is 11.8 Å². The van der Waals surface area contributed by atoms with Crippen molar-refractivity contribution in [1.82, 2.24) is 21.1 Å². The monoisotopic (exact) mass is 381 g/mol. The van der Waals surface area contributed by atoms with Gasteiger partial charge in [-0.3, -0.25) is 14.8 Å². The van der Waals surface area contributed by atoms with E-state index in [1.807, 2.05) is 23.2 Å². The van der Waals surface area contributed by atoms with E-state index in [-0.39, 0.29) is 23.8 Å². The van der Waals surface area contributed by atoms with Crippen LogP contribution in [0.1, 0.15) is 24.3 Å². The smallest absolute Gasteiger partial charge is 0.234 e. The number of rotatable bonds is 4. The minimum absolute atomic E-state index is 0.0143. The molecule has 0 bridgehead atoms. The van der Waals surface area contributed by atoms with E-state index in [1.165, 1.54) is 5.56 Å². The maximum atomic E-state index is 13.1. The molecule has 8 nitrogen and oxygen atoms in total. The Morgan fingerprint density at radius 1 is 1.39 bits per heavy atom. The first kappa shape index (κ1) is 18.9. The summed E-state index contributed by atoms with van der Waals surface area (Å²) < 4.78 is 0. The number of nitriles is 1. The Labute approximate surface area is 165 Å². The molecule has 5 atom stereocenters. The number of fused-ring (bicyclic) bond motifs is 1. The van der Waals surface area contributed by atoms with Gasteiger partial charge in [0.2, 0.25) is 5.91 Å². The van der Waals surface area contributed by atoms with Crippen molar-refractivity contribution in [2.75, 3.05) is 26.2 Å². The van der Waals surface area contributed by atoms with Gasteiger partial charge < -0.3 is 16.4 Å². The molecule has 3 aliphatic heterocycles. The first-order valence-corrected chi connectivity index (χ1v) is 9.94. The fourth-order valence-corrected chi connectivity index (χ4v) is 4.44. The maximum absolute atomic E-state index is 13.1. The van der Waals surface area contributed by atoms with E-state index in [4.69, 9.17) is 11.0 Å². The molecule has 1 aromatic rings. The Morgan fingerprint density at radius 3 is 3.00 bits per heavy atom. The molecule has 0 saturated carbocycles. The molecule has 28 heavy (non-hydrogen) atoms. The number of nitrogens with two attached hydrogens (primary N) is 1.